The van der Waals surface area contributed by atoms with Crippen LogP contribution in [0.4, 0.5) is 4.48 Å². The van der Waals surface area contributed by atoms with Crippen LogP contribution < -0.4 is 0 Å². The first-order chi connectivity index (χ1) is 2.00. The molecular formula is H2FNO3. The van der Waals surface area contributed by atoms with E-state index in [0.29, 0.717) is 0 Å². The molecular weight excluding hydrogens is 81.0 g/mol. The van der Waals surface area contributed by atoms with Crippen molar-refractivity contribution in [3.63, 3.8) is 0 Å². The molecule has 0 spiro atoms. The Morgan fingerprint density at radius 1 is 1.60 bits per heavy atom. The van der Waals surface area contributed by atoms with Gasteiger partial charge in [-0.3, -0.25) is 0 Å². The summed E-state index contributed by atoms with van der Waals surface area (Å²) in [6.07, 6.45) is 0. The van der Waals surface area contributed by atoms with Crippen molar-refractivity contribution >= 4 is 0 Å². The zero-order chi connectivity index (χ0) is 4.50. The quantitative estimate of drug-likeness (QED) is 0.319. The van der Waals surface area contributed by atoms with Crippen molar-refractivity contribution in [1.29, 1.82) is 0 Å². The van der Waals surface area contributed by atoms with E-state index in [1.54, 1.807) is 0 Å². The number of quaternary nitrogens is 1. The van der Waals surface area contributed by atoms with Gasteiger partial charge in [0.2, 0.25) is 0 Å². The molecule has 0 rings (SSSR count). The molecule has 32 valence electrons. The van der Waals surface area contributed by atoms with Crippen LogP contribution in [0.15, 0.2) is 0 Å². The lowest BCUT2D eigenvalue weighted by atomic mass is 12.9. The lowest BCUT2D eigenvalue weighted by Gasteiger charge is -2.05. The van der Waals surface area contributed by atoms with Crippen molar-refractivity contribution in [3.05, 3.63) is 5.21 Å². The summed E-state index contributed by atoms with van der Waals surface area (Å²) >= 11 is 0. The van der Waals surface area contributed by atoms with Crippen LogP contribution in [-0.4, -0.2) is 15.6 Å². The van der Waals surface area contributed by atoms with Gasteiger partial charge in [-0.15, -0.1) is 10.4 Å². The Morgan fingerprint density at radius 3 is 1.60 bits per heavy atom. The lowest BCUT2D eigenvalue weighted by molar-refractivity contribution is -1.31. The summed E-state index contributed by atoms with van der Waals surface area (Å²) in [5, 5.41) is 18.3. The third-order valence-corrected chi connectivity index (χ3v) is 0. The fourth-order valence-corrected chi connectivity index (χ4v) is 0. The van der Waals surface area contributed by atoms with Crippen molar-refractivity contribution in [2.45, 2.75) is 0 Å². The van der Waals surface area contributed by atoms with Gasteiger partial charge in [-0.05, 0) is 0 Å². The van der Waals surface area contributed by atoms with E-state index in [4.69, 9.17) is 15.6 Å². The van der Waals surface area contributed by atoms with E-state index in [1.165, 1.54) is 0 Å². The Kier molecular flexibility index (Phi) is 0.829. The maximum Gasteiger partial charge on any atom is 0.124 e. The first-order valence-electron chi connectivity index (χ1n) is 0.752. The molecule has 0 aliphatic heterocycles. The van der Waals surface area contributed by atoms with Gasteiger partial charge in [0.1, 0.15) is 5.20 Å². The Morgan fingerprint density at radius 2 is 1.60 bits per heavy atom. The molecule has 5 heteroatoms. The first-order valence-corrected chi connectivity index (χ1v) is 0.752. The molecule has 4 nitrogen and oxygen atoms in total. The Balaban J connectivity index is 3.02. The minimum atomic E-state index is -3.75. The van der Waals surface area contributed by atoms with E-state index in [-0.39, 0.29) is 0 Å². The predicted molar refractivity (Wildman–Crippen MR) is 8.31 cm³/mol. The zero-order valence-electron chi connectivity index (χ0n) is 2.13. The van der Waals surface area contributed by atoms with Crippen LogP contribution in [0.3, 0.4) is 0 Å². The second kappa shape index (κ2) is 0.869. The highest BCUT2D eigenvalue weighted by Crippen LogP contribution is 1.85. The molecule has 0 aliphatic rings. The van der Waals surface area contributed by atoms with Crippen molar-refractivity contribution in [1.82, 2.24) is 0 Å². The molecule has 0 aromatic carbocycles. The third-order valence-electron chi connectivity index (χ3n) is 0. The lowest BCUT2D eigenvalue weighted by Crippen LogP contribution is -2.21. The highest BCUT2D eigenvalue weighted by atomic mass is 19.2. The molecule has 0 atom stereocenters. The molecule has 0 heterocycles. The molecule has 0 saturated carbocycles. The topological polar surface area (TPSA) is 63.5 Å². The molecule has 0 bridgehead atoms. The molecule has 2 N–H and O–H groups in total. The third kappa shape index (κ3) is 223. The second-order valence-electron chi connectivity index (χ2n) is 0.473. The van der Waals surface area contributed by atoms with Gasteiger partial charge in [-0.25, -0.2) is 0 Å². The van der Waals surface area contributed by atoms with Gasteiger partial charge in [-0.2, -0.15) is 0 Å². The summed E-state index contributed by atoms with van der Waals surface area (Å²) in [5.74, 6) is 0. The number of hydrogen-bond donors (Lipinski definition) is 2. The van der Waals surface area contributed by atoms with Crippen molar-refractivity contribution in [2.24, 2.45) is 0 Å². The minimum Gasteiger partial charge on any atom is -0.523 e. The van der Waals surface area contributed by atoms with Crippen LogP contribution in [0.1, 0.15) is 0 Å². The molecule has 0 aliphatic carbocycles. The largest absolute Gasteiger partial charge is 0.523 e. The SMILES string of the molecule is [O-][N+](O)(O)F. The summed E-state index contributed by atoms with van der Waals surface area (Å²) in [7, 11) is 0. The van der Waals surface area contributed by atoms with Crippen LogP contribution in [0.25, 0.3) is 0 Å². The highest BCUT2D eigenvalue weighted by molar-refractivity contribution is 3.77. The van der Waals surface area contributed by atoms with Crippen molar-refractivity contribution in [2.75, 3.05) is 0 Å². The van der Waals surface area contributed by atoms with Gasteiger partial charge >= 0.3 is 0 Å². The van der Waals surface area contributed by atoms with E-state index in [1.807, 2.05) is 0 Å². The molecule has 0 aromatic heterocycles. The van der Waals surface area contributed by atoms with Crippen LogP contribution in [0.5, 0.6) is 0 Å². The molecule has 0 fully saturated rings. The Hall–Kier alpha value is -0.230. The maximum absolute atomic E-state index is 10.2. The van der Waals surface area contributed by atoms with E-state index in [2.05, 4.69) is 0 Å². The molecule has 0 saturated heterocycles. The van der Waals surface area contributed by atoms with Gasteiger partial charge in [0.15, 0.2) is 0 Å². The van der Waals surface area contributed by atoms with Crippen LogP contribution in [0.2, 0.25) is 0 Å². The minimum absolute atomic E-state index is 3.75. The fourth-order valence-electron chi connectivity index (χ4n) is 0. The Bertz CT molecular complexity index is 22.4. The highest BCUT2D eigenvalue weighted by Gasteiger charge is 1.99. The van der Waals surface area contributed by atoms with Gasteiger partial charge in [-0.1, -0.05) is 0 Å². The van der Waals surface area contributed by atoms with Crippen LogP contribution in [-0.2, 0) is 0 Å². The summed E-state index contributed by atoms with van der Waals surface area (Å²) < 4.78 is 10.2. The molecule has 0 unspecified atom stereocenters. The predicted octanol–water partition coefficient (Wildman–Crippen LogP) is -0.0361. The number of rotatable bonds is 0. The van der Waals surface area contributed by atoms with E-state index >= 15 is 0 Å². The summed E-state index contributed by atoms with van der Waals surface area (Å²) in [4.78, 5) is 0. The summed E-state index contributed by atoms with van der Waals surface area (Å²) in [5.41, 5.74) is 0. The van der Waals surface area contributed by atoms with Crippen LogP contribution in [0, 0.1) is 5.21 Å². The molecule has 0 radical (unpaired) electrons. The molecule has 5 heavy (non-hydrogen) atoms. The average Bonchev–Trinajstić information content (AvgIpc) is 0.722. The smallest absolute Gasteiger partial charge is 0.124 e. The maximum atomic E-state index is 10.2. The monoisotopic (exact) mass is 83.0 g/mol. The van der Waals surface area contributed by atoms with Crippen molar-refractivity contribution < 1.29 is 20.1 Å². The number of nitrogens with zero attached hydrogens (tertiary/aromatic N) is 1. The van der Waals surface area contributed by atoms with Gasteiger partial charge < -0.3 is 5.21 Å². The zero-order valence-corrected chi connectivity index (χ0v) is 2.13. The first kappa shape index (κ1) is 4.77. The average molecular weight is 83.0 g/mol. The molecule has 0 amide bonds. The standard InChI is InChI=1S/FH2NO3/c1-2(3,4)5/h3-4H. The summed E-state index contributed by atoms with van der Waals surface area (Å²) in [6, 6.07) is 0. The van der Waals surface area contributed by atoms with E-state index < -0.39 is 5.20 Å². The van der Waals surface area contributed by atoms with Gasteiger partial charge in [0.05, 0.1) is 4.48 Å². The second-order valence-corrected chi connectivity index (χ2v) is 0.473. The summed E-state index contributed by atoms with van der Waals surface area (Å²) in [6.45, 7) is 0. The Labute approximate surface area is 26.7 Å². The van der Waals surface area contributed by atoms with Crippen molar-refractivity contribution in [3.8, 4) is 0 Å². The van der Waals surface area contributed by atoms with E-state index in [9.17, 15) is 4.48 Å². The van der Waals surface area contributed by atoms with Crippen LogP contribution >= 0.6 is 0 Å². The van der Waals surface area contributed by atoms with E-state index in [0.717, 1.165) is 0 Å². The number of halogens is 1. The molecule has 0 aromatic rings. The fraction of sp³-hybridized carbons (Fsp3) is 0. The number of hydrogen-bond acceptors (Lipinski definition) is 3. The van der Waals surface area contributed by atoms with Gasteiger partial charge in [0, 0.05) is 0 Å². The van der Waals surface area contributed by atoms with Gasteiger partial charge in [0.25, 0.3) is 0 Å². The normalized spacial score (nSPS) is 12.0.